The lowest BCUT2D eigenvalue weighted by atomic mass is 10.00. The van der Waals surface area contributed by atoms with Gasteiger partial charge in [-0.15, -0.1) is 0 Å². The number of nitrogens with zero attached hydrogens (tertiary/aromatic N) is 1. The van der Waals surface area contributed by atoms with E-state index in [1.54, 1.807) is 42.5 Å². The van der Waals surface area contributed by atoms with Crippen molar-refractivity contribution in [2.45, 2.75) is 55.1 Å². The maximum atomic E-state index is 15.3. The van der Waals surface area contributed by atoms with Gasteiger partial charge >= 0.3 is 0 Å². The van der Waals surface area contributed by atoms with Crippen molar-refractivity contribution in [3.63, 3.8) is 0 Å². The number of carbonyl (C=O) groups is 1. The zero-order valence-electron chi connectivity index (χ0n) is 24.3. The van der Waals surface area contributed by atoms with Crippen LogP contribution in [0.25, 0.3) is 0 Å². The van der Waals surface area contributed by atoms with E-state index in [0.717, 1.165) is 12.8 Å². The Morgan fingerprint density at radius 1 is 1.05 bits per heavy atom. The van der Waals surface area contributed by atoms with Crippen LogP contribution in [-0.2, 0) is 32.4 Å². The lowest BCUT2D eigenvalue weighted by Gasteiger charge is -2.35. The van der Waals surface area contributed by atoms with Crippen molar-refractivity contribution in [3.8, 4) is 0 Å². The number of hydrogen-bond donors (Lipinski definition) is 3. The van der Waals surface area contributed by atoms with Crippen molar-refractivity contribution >= 4 is 33.2 Å². The van der Waals surface area contributed by atoms with Crippen LogP contribution in [0.4, 0.5) is 14.5 Å². The number of carbonyl (C=O) groups excluding carboxylic acids is 1. The number of piperazine rings is 1. The van der Waals surface area contributed by atoms with E-state index >= 15 is 4.39 Å². The Hall–Kier alpha value is -2.93. The number of amides is 1. The topological polar surface area (TPSA) is 99.8 Å². The number of hydrogen-bond acceptors (Lipinski definition) is 6. The fraction of sp³-hybridized carbons (Fsp3) is 0.406. The summed E-state index contributed by atoms with van der Waals surface area (Å²) in [7, 11) is -3.74. The van der Waals surface area contributed by atoms with E-state index in [2.05, 4.69) is 16.0 Å². The van der Waals surface area contributed by atoms with Gasteiger partial charge in [-0.2, -0.15) is 4.31 Å². The van der Waals surface area contributed by atoms with Gasteiger partial charge in [0.1, 0.15) is 11.6 Å². The van der Waals surface area contributed by atoms with Crippen molar-refractivity contribution in [1.29, 1.82) is 0 Å². The number of nitrogens with one attached hydrogen (secondary N) is 3. The van der Waals surface area contributed by atoms with E-state index < -0.39 is 33.7 Å². The lowest BCUT2D eigenvalue weighted by molar-refractivity contribution is -0.118. The monoisotopic (exact) mass is 646 g/mol. The molecule has 1 amide bonds. The maximum Gasteiger partial charge on any atom is 0.243 e. The van der Waals surface area contributed by atoms with Gasteiger partial charge in [0.2, 0.25) is 15.9 Å². The Kier molecular flexibility index (Phi) is 11.0. The lowest BCUT2D eigenvalue weighted by Crippen LogP contribution is -2.53. The van der Waals surface area contributed by atoms with Crippen molar-refractivity contribution < 1.29 is 26.7 Å². The first-order chi connectivity index (χ1) is 21.2. The second-order valence-corrected chi connectivity index (χ2v) is 13.4. The quantitative estimate of drug-likeness (QED) is 0.283. The molecule has 0 unspecified atom stereocenters. The Balaban J connectivity index is 1.33. The van der Waals surface area contributed by atoms with Gasteiger partial charge in [-0.3, -0.25) is 4.79 Å². The number of halogens is 3. The summed E-state index contributed by atoms with van der Waals surface area (Å²) >= 11 is 5.87. The zero-order chi connectivity index (χ0) is 31.1. The average Bonchev–Trinajstić information content (AvgIpc) is 3.03. The summed E-state index contributed by atoms with van der Waals surface area (Å²) in [6.45, 7) is 2.39. The highest BCUT2D eigenvalue weighted by Crippen LogP contribution is 2.26. The molecule has 5 rings (SSSR count). The molecule has 0 radical (unpaired) electrons. The van der Waals surface area contributed by atoms with E-state index in [1.165, 1.54) is 28.6 Å². The number of benzene rings is 3. The predicted molar refractivity (Wildman–Crippen MR) is 166 cm³/mol. The van der Waals surface area contributed by atoms with Gasteiger partial charge in [-0.1, -0.05) is 41.9 Å². The van der Waals surface area contributed by atoms with Crippen molar-refractivity contribution in [2.75, 3.05) is 38.2 Å². The van der Waals surface area contributed by atoms with Crippen LogP contribution in [-0.4, -0.2) is 69.6 Å². The fourth-order valence-corrected chi connectivity index (χ4v) is 7.57. The fourth-order valence-electron chi connectivity index (χ4n) is 5.77. The molecular weight excluding hydrogens is 610 g/mol. The Morgan fingerprint density at radius 2 is 1.82 bits per heavy atom. The summed E-state index contributed by atoms with van der Waals surface area (Å²) in [6, 6.07) is 16.1. The first kappa shape index (κ1) is 32.5. The van der Waals surface area contributed by atoms with E-state index in [9.17, 15) is 17.6 Å². The van der Waals surface area contributed by atoms with E-state index in [1.807, 2.05) is 0 Å². The Bertz CT molecular complexity index is 1540. The van der Waals surface area contributed by atoms with Crippen molar-refractivity contribution in [1.82, 2.24) is 14.9 Å². The van der Waals surface area contributed by atoms with Crippen LogP contribution in [0.15, 0.2) is 71.6 Å². The minimum atomic E-state index is -3.74. The Labute approximate surface area is 262 Å². The van der Waals surface area contributed by atoms with E-state index in [4.69, 9.17) is 16.3 Å². The van der Waals surface area contributed by atoms with Crippen LogP contribution in [0, 0.1) is 11.6 Å². The third-order valence-corrected chi connectivity index (χ3v) is 10.4. The van der Waals surface area contributed by atoms with Gasteiger partial charge in [-0.25, -0.2) is 17.2 Å². The molecule has 2 fully saturated rings. The van der Waals surface area contributed by atoms with Gasteiger partial charge in [0.05, 0.1) is 16.0 Å². The molecule has 12 heteroatoms. The number of sulfonamides is 1. The molecule has 2 saturated heterocycles. The molecule has 0 aliphatic carbocycles. The number of anilines is 1. The largest absolute Gasteiger partial charge is 0.381 e. The van der Waals surface area contributed by atoms with Crippen LogP contribution >= 0.6 is 11.6 Å². The van der Waals surface area contributed by atoms with Crippen LogP contribution in [0.1, 0.15) is 30.4 Å². The minimum absolute atomic E-state index is 0.000146. The van der Waals surface area contributed by atoms with Crippen molar-refractivity contribution in [3.05, 3.63) is 94.5 Å². The van der Waals surface area contributed by atoms with Gasteiger partial charge in [-0.05, 0) is 74.1 Å². The van der Waals surface area contributed by atoms with Crippen LogP contribution < -0.4 is 16.0 Å². The van der Waals surface area contributed by atoms with E-state index in [-0.39, 0.29) is 34.7 Å². The predicted octanol–water partition coefficient (Wildman–Crippen LogP) is 4.53. The van der Waals surface area contributed by atoms with Crippen molar-refractivity contribution in [2.24, 2.45) is 0 Å². The smallest absolute Gasteiger partial charge is 0.243 e. The summed E-state index contributed by atoms with van der Waals surface area (Å²) < 4.78 is 63.3. The first-order valence-corrected chi connectivity index (χ1v) is 16.7. The first-order valence-electron chi connectivity index (χ1n) is 14.9. The molecule has 3 aromatic carbocycles. The molecule has 3 aromatic rings. The van der Waals surface area contributed by atoms with Crippen LogP contribution in [0.3, 0.4) is 0 Å². The summed E-state index contributed by atoms with van der Waals surface area (Å²) in [6.07, 6.45) is 2.19. The van der Waals surface area contributed by atoms with Crippen LogP contribution in [0.5, 0.6) is 0 Å². The van der Waals surface area contributed by atoms with E-state index in [0.29, 0.717) is 56.1 Å². The standard InChI is InChI=1S/C32H37ClF2N4O4S/c33-27-12-9-22(19-29(27)35)20-31(37-23-13-17-43-18-14-23)32(40)38-30-8-4-7-28(34)26(30)11-10-24-21-36-15-16-39(24)44(41,42)25-5-2-1-3-6-25/h1-9,12,19,23-24,31,36-37H,10-11,13-18,20-21H2,(H,38,40)/t24-,31+/m1/s1. The highest BCUT2D eigenvalue weighted by atomic mass is 35.5. The molecule has 2 atom stereocenters. The molecule has 44 heavy (non-hydrogen) atoms. The second-order valence-electron chi connectivity index (χ2n) is 11.1. The SMILES string of the molecule is O=C(Nc1cccc(F)c1CC[C@@H]1CNCCN1S(=O)(=O)c1ccccc1)[C@H](Cc1ccc(Cl)c(F)c1)NC1CCOCC1. The molecule has 0 bridgehead atoms. The molecule has 2 aliphatic rings. The Morgan fingerprint density at radius 3 is 2.57 bits per heavy atom. The second kappa shape index (κ2) is 14.9. The summed E-state index contributed by atoms with van der Waals surface area (Å²) in [5.41, 5.74) is 1.21. The third kappa shape index (κ3) is 8.01. The molecule has 236 valence electrons. The summed E-state index contributed by atoms with van der Waals surface area (Å²) in [5, 5.41) is 9.54. The molecule has 2 aliphatic heterocycles. The maximum absolute atomic E-state index is 15.3. The summed E-state index contributed by atoms with van der Waals surface area (Å²) in [5.74, 6) is -1.44. The molecule has 3 N–H and O–H groups in total. The zero-order valence-corrected chi connectivity index (χ0v) is 25.8. The molecular formula is C32H37ClF2N4O4S. The molecule has 0 aromatic heterocycles. The van der Waals surface area contributed by atoms with Gasteiger partial charge in [0.25, 0.3) is 0 Å². The van der Waals surface area contributed by atoms with Gasteiger partial charge < -0.3 is 20.7 Å². The molecule has 0 saturated carbocycles. The highest BCUT2D eigenvalue weighted by Gasteiger charge is 2.33. The highest BCUT2D eigenvalue weighted by molar-refractivity contribution is 7.89. The molecule has 8 nitrogen and oxygen atoms in total. The van der Waals surface area contributed by atoms with Gasteiger partial charge in [0.15, 0.2) is 0 Å². The average molecular weight is 647 g/mol. The molecule has 0 spiro atoms. The summed E-state index contributed by atoms with van der Waals surface area (Å²) in [4.78, 5) is 13.9. The van der Waals surface area contributed by atoms with Crippen LogP contribution in [0.2, 0.25) is 5.02 Å². The number of ether oxygens (including phenoxy) is 1. The van der Waals surface area contributed by atoms with Gasteiger partial charge in [0, 0.05) is 56.2 Å². The third-order valence-electron chi connectivity index (χ3n) is 8.15. The number of rotatable bonds is 11. The minimum Gasteiger partial charge on any atom is -0.381 e. The normalized spacial score (nSPS) is 19.0. The molecule has 2 heterocycles.